The molecule has 120 valence electrons. The minimum atomic E-state index is 0.587. The van der Waals surface area contributed by atoms with Gasteiger partial charge in [0.15, 0.2) is 0 Å². The zero-order valence-corrected chi connectivity index (χ0v) is 15.2. The summed E-state index contributed by atoms with van der Waals surface area (Å²) in [6.45, 7) is 6.72. The van der Waals surface area contributed by atoms with Gasteiger partial charge in [-0.2, -0.15) is 0 Å². The Morgan fingerprint density at radius 2 is 1.95 bits per heavy atom. The van der Waals surface area contributed by atoms with Gasteiger partial charge < -0.3 is 5.32 Å². The molecule has 1 heterocycles. The summed E-state index contributed by atoms with van der Waals surface area (Å²) >= 11 is 8.00. The minimum Gasteiger partial charge on any atom is -0.317 e. The molecule has 1 aromatic rings. The summed E-state index contributed by atoms with van der Waals surface area (Å²) < 4.78 is 0.979. The number of aryl methyl sites for hydroxylation is 2. The first kappa shape index (κ1) is 17.3. The Labute approximate surface area is 139 Å². The Morgan fingerprint density at radius 1 is 1.19 bits per heavy atom. The van der Waals surface area contributed by atoms with E-state index in [1.165, 1.54) is 74.8 Å². The van der Waals surface area contributed by atoms with E-state index in [4.69, 9.17) is 11.6 Å². The molecule has 3 heteroatoms. The van der Waals surface area contributed by atoms with Gasteiger partial charge in [-0.1, -0.05) is 37.8 Å². The van der Waals surface area contributed by atoms with Crippen molar-refractivity contribution >= 4 is 22.9 Å². The van der Waals surface area contributed by atoms with Gasteiger partial charge in [0.1, 0.15) is 0 Å². The van der Waals surface area contributed by atoms with E-state index in [1.54, 1.807) is 11.3 Å². The average molecular weight is 328 g/mol. The van der Waals surface area contributed by atoms with Gasteiger partial charge in [0.25, 0.3) is 0 Å². The number of nitrogens with one attached hydrogen (secondary N) is 1. The van der Waals surface area contributed by atoms with Crippen LogP contribution in [0.2, 0.25) is 4.34 Å². The second-order valence-electron chi connectivity index (χ2n) is 6.73. The second-order valence-corrected chi connectivity index (χ2v) is 8.47. The fourth-order valence-electron chi connectivity index (χ4n) is 3.62. The Hall–Kier alpha value is -0.0500. The van der Waals surface area contributed by atoms with Crippen molar-refractivity contribution in [3.05, 3.63) is 20.8 Å². The molecule has 0 saturated heterocycles. The van der Waals surface area contributed by atoms with Crippen LogP contribution in [-0.4, -0.2) is 13.1 Å². The smallest absolute Gasteiger partial charge is 0.0960 e. The van der Waals surface area contributed by atoms with Crippen LogP contribution in [0.25, 0.3) is 0 Å². The molecular weight excluding hydrogens is 298 g/mol. The Bertz CT molecular complexity index is 401. The summed E-state index contributed by atoms with van der Waals surface area (Å²) in [5.41, 5.74) is 1.84. The Balaban J connectivity index is 1.89. The molecule has 1 nitrogen and oxygen atoms in total. The van der Waals surface area contributed by atoms with E-state index in [-0.39, 0.29) is 0 Å². The van der Waals surface area contributed by atoms with Crippen LogP contribution >= 0.6 is 22.9 Å². The van der Waals surface area contributed by atoms with Gasteiger partial charge in [0.05, 0.1) is 4.34 Å². The topological polar surface area (TPSA) is 12.0 Å². The van der Waals surface area contributed by atoms with Crippen LogP contribution in [0, 0.1) is 12.3 Å². The van der Waals surface area contributed by atoms with E-state index < -0.39 is 0 Å². The number of halogens is 1. The van der Waals surface area contributed by atoms with Gasteiger partial charge >= 0.3 is 0 Å². The summed E-state index contributed by atoms with van der Waals surface area (Å²) in [5.74, 6) is 0. The lowest BCUT2D eigenvalue weighted by Crippen LogP contribution is -2.30. The van der Waals surface area contributed by atoms with Crippen LogP contribution < -0.4 is 5.32 Å². The summed E-state index contributed by atoms with van der Waals surface area (Å²) in [6.07, 6.45) is 12.3. The zero-order chi connectivity index (χ0) is 15.1. The molecule has 2 rings (SSSR count). The van der Waals surface area contributed by atoms with E-state index in [1.807, 2.05) is 0 Å². The van der Waals surface area contributed by atoms with Gasteiger partial charge in [-0.3, -0.25) is 0 Å². The standard InChI is InChI=1S/C18H30ClNS/c1-3-12-20-13-11-18(8-5-4-6-9-18)10-7-16-14-15(2)17(19)21-16/h14,20H,3-13H2,1-2H3. The fourth-order valence-corrected chi connectivity index (χ4v) is 4.86. The maximum Gasteiger partial charge on any atom is 0.0960 e. The first-order valence-electron chi connectivity index (χ1n) is 8.61. The van der Waals surface area contributed by atoms with Crippen LogP contribution in [0.5, 0.6) is 0 Å². The fraction of sp³-hybridized carbons (Fsp3) is 0.778. The lowest BCUT2D eigenvalue weighted by Gasteiger charge is -2.38. The van der Waals surface area contributed by atoms with Gasteiger partial charge in [-0.15, -0.1) is 11.3 Å². The second kappa shape index (κ2) is 8.55. The molecule has 0 amide bonds. The molecule has 1 fully saturated rings. The van der Waals surface area contributed by atoms with E-state index in [0.29, 0.717) is 5.41 Å². The highest BCUT2D eigenvalue weighted by atomic mass is 35.5. The molecular formula is C18H30ClNS. The molecule has 1 N–H and O–H groups in total. The number of rotatable bonds is 8. The molecule has 1 aliphatic rings. The van der Waals surface area contributed by atoms with Crippen molar-refractivity contribution < 1.29 is 0 Å². The number of hydrogen-bond acceptors (Lipinski definition) is 2. The average Bonchev–Trinajstić information content (AvgIpc) is 2.82. The summed E-state index contributed by atoms with van der Waals surface area (Å²) in [7, 11) is 0. The SMILES string of the molecule is CCCNCCC1(CCc2cc(C)c(Cl)s2)CCCCC1. The lowest BCUT2D eigenvalue weighted by molar-refractivity contribution is 0.157. The molecule has 0 spiro atoms. The monoisotopic (exact) mass is 327 g/mol. The van der Waals surface area contributed by atoms with Crippen molar-refractivity contribution in [1.29, 1.82) is 0 Å². The highest BCUT2D eigenvalue weighted by Crippen LogP contribution is 2.43. The van der Waals surface area contributed by atoms with Crippen LogP contribution in [0.1, 0.15) is 68.7 Å². The molecule has 1 aliphatic carbocycles. The quantitative estimate of drug-likeness (QED) is 0.579. The van der Waals surface area contributed by atoms with Crippen molar-refractivity contribution in [1.82, 2.24) is 5.32 Å². The predicted molar refractivity (Wildman–Crippen MR) is 95.7 cm³/mol. The van der Waals surface area contributed by atoms with Gasteiger partial charge in [-0.05, 0) is 75.6 Å². The van der Waals surface area contributed by atoms with Crippen LogP contribution in [0.15, 0.2) is 6.07 Å². The van der Waals surface area contributed by atoms with Gasteiger partial charge in [0.2, 0.25) is 0 Å². The van der Waals surface area contributed by atoms with Crippen molar-refractivity contribution in [2.75, 3.05) is 13.1 Å². The molecule has 0 bridgehead atoms. The highest BCUT2D eigenvalue weighted by Gasteiger charge is 2.31. The van der Waals surface area contributed by atoms with Crippen molar-refractivity contribution in [2.24, 2.45) is 5.41 Å². The van der Waals surface area contributed by atoms with Crippen molar-refractivity contribution in [2.45, 2.75) is 71.6 Å². The van der Waals surface area contributed by atoms with E-state index in [2.05, 4.69) is 25.2 Å². The molecule has 0 radical (unpaired) electrons. The van der Waals surface area contributed by atoms with Crippen LogP contribution in [0.4, 0.5) is 0 Å². The molecule has 0 aromatic carbocycles. The van der Waals surface area contributed by atoms with E-state index in [0.717, 1.165) is 10.9 Å². The molecule has 0 atom stereocenters. The van der Waals surface area contributed by atoms with Crippen molar-refractivity contribution in [3.8, 4) is 0 Å². The van der Waals surface area contributed by atoms with Gasteiger partial charge in [0, 0.05) is 4.88 Å². The van der Waals surface area contributed by atoms with Crippen molar-refractivity contribution in [3.63, 3.8) is 0 Å². The third-order valence-corrected chi connectivity index (χ3v) is 6.60. The highest BCUT2D eigenvalue weighted by molar-refractivity contribution is 7.16. The number of thiophene rings is 1. The number of hydrogen-bond donors (Lipinski definition) is 1. The maximum absolute atomic E-state index is 6.21. The summed E-state index contributed by atoms with van der Waals surface area (Å²) in [5, 5.41) is 3.60. The van der Waals surface area contributed by atoms with Gasteiger partial charge in [-0.25, -0.2) is 0 Å². The lowest BCUT2D eigenvalue weighted by atomic mass is 9.69. The first-order chi connectivity index (χ1) is 10.2. The minimum absolute atomic E-state index is 0.587. The Kier molecular flexibility index (Phi) is 7.04. The molecule has 1 aromatic heterocycles. The van der Waals surface area contributed by atoms with E-state index >= 15 is 0 Å². The maximum atomic E-state index is 6.21. The Morgan fingerprint density at radius 3 is 2.57 bits per heavy atom. The normalized spacial score (nSPS) is 18.0. The summed E-state index contributed by atoms with van der Waals surface area (Å²) in [4.78, 5) is 1.48. The van der Waals surface area contributed by atoms with E-state index in [9.17, 15) is 0 Å². The molecule has 0 aliphatic heterocycles. The summed E-state index contributed by atoms with van der Waals surface area (Å²) in [6, 6.07) is 2.29. The third kappa shape index (κ3) is 5.26. The van der Waals surface area contributed by atoms with Crippen LogP contribution in [0.3, 0.4) is 0 Å². The largest absolute Gasteiger partial charge is 0.317 e. The zero-order valence-electron chi connectivity index (χ0n) is 13.6. The predicted octanol–water partition coefficient (Wildman–Crippen LogP) is 5.98. The molecule has 21 heavy (non-hydrogen) atoms. The third-order valence-electron chi connectivity index (χ3n) is 4.98. The van der Waals surface area contributed by atoms with Crippen LogP contribution in [-0.2, 0) is 6.42 Å². The molecule has 1 saturated carbocycles. The first-order valence-corrected chi connectivity index (χ1v) is 9.80. The molecule has 0 unspecified atom stereocenters.